The molecule has 1 atom stereocenters. The zero-order valence-corrected chi connectivity index (χ0v) is 18.8. The highest BCUT2D eigenvalue weighted by Gasteiger charge is 2.31. The summed E-state index contributed by atoms with van der Waals surface area (Å²) >= 11 is 5.89. The molecule has 0 spiro atoms. The number of benzene rings is 1. The van der Waals surface area contributed by atoms with Crippen molar-refractivity contribution in [2.75, 3.05) is 29.9 Å². The lowest BCUT2D eigenvalue weighted by Gasteiger charge is -2.25. The van der Waals surface area contributed by atoms with Gasteiger partial charge in [0, 0.05) is 37.4 Å². The number of anilines is 2. The van der Waals surface area contributed by atoms with Gasteiger partial charge in [-0.3, -0.25) is 9.69 Å². The van der Waals surface area contributed by atoms with Gasteiger partial charge in [0.05, 0.1) is 10.7 Å². The van der Waals surface area contributed by atoms with Crippen molar-refractivity contribution in [2.24, 2.45) is 0 Å². The van der Waals surface area contributed by atoms with Crippen molar-refractivity contribution in [2.45, 2.75) is 45.3 Å². The molecule has 1 aromatic carbocycles. The van der Waals surface area contributed by atoms with Crippen molar-refractivity contribution < 1.29 is 14.3 Å². The molecule has 1 N–H and O–H groups in total. The summed E-state index contributed by atoms with van der Waals surface area (Å²) in [6.45, 7) is 7.36. The molecule has 0 saturated carbocycles. The number of pyridine rings is 1. The molecule has 0 aliphatic carbocycles. The molecule has 1 fully saturated rings. The Morgan fingerprint density at radius 3 is 2.71 bits per heavy atom. The number of amides is 2. The summed E-state index contributed by atoms with van der Waals surface area (Å²) in [5.74, 6) is 0.710. The Balaban J connectivity index is 1.43. The first-order valence-corrected chi connectivity index (χ1v) is 10.9. The Morgan fingerprint density at radius 2 is 2.00 bits per heavy atom. The van der Waals surface area contributed by atoms with Crippen LogP contribution in [0, 0.1) is 0 Å². The predicted molar refractivity (Wildman–Crippen MR) is 121 cm³/mol. The zero-order chi connectivity index (χ0) is 22.2. The molecule has 2 aromatic rings. The zero-order valence-electron chi connectivity index (χ0n) is 18.0. The highest BCUT2D eigenvalue weighted by molar-refractivity contribution is 6.30. The van der Waals surface area contributed by atoms with Gasteiger partial charge in [-0.2, -0.15) is 0 Å². The van der Waals surface area contributed by atoms with Gasteiger partial charge in [-0.25, -0.2) is 9.78 Å². The Labute approximate surface area is 187 Å². The van der Waals surface area contributed by atoms with Gasteiger partial charge < -0.3 is 15.0 Å². The molecule has 2 aliphatic rings. The van der Waals surface area contributed by atoms with Gasteiger partial charge in [-0.1, -0.05) is 17.7 Å². The van der Waals surface area contributed by atoms with Crippen LogP contribution in [-0.2, 0) is 11.2 Å². The number of fused-ring (bicyclic) bond motifs is 1. The maximum atomic E-state index is 13.1. The second kappa shape index (κ2) is 8.38. The third kappa shape index (κ3) is 4.93. The summed E-state index contributed by atoms with van der Waals surface area (Å²) in [7, 11) is 0. The van der Waals surface area contributed by atoms with E-state index in [2.05, 4.69) is 10.3 Å². The van der Waals surface area contributed by atoms with Crippen molar-refractivity contribution in [1.82, 2.24) is 9.88 Å². The number of nitrogens with zero attached hydrogens (tertiary/aromatic N) is 3. The molecule has 0 bridgehead atoms. The van der Waals surface area contributed by atoms with Gasteiger partial charge in [0.25, 0.3) is 5.91 Å². The molecule has 164 valence electrons. The van der Waals surface area contributed by atoms with Crippen LogP contribution in [0.2, 0.25) is 5.02 Å². The van der Waals surface area contributed by atoms with E-state index in [0.29, 0.717) is 30.2 Å². The summed E-state index contributed by atoms with van der Waals surface area (Å²) < 4.78 is 5.53. The van der Waals surface area contributed by atoms with Crippen LogP contribution in [-0.4, -0.2) is 53.2 Å². The number of halogens is 1. The van der Waals surface area contributed by atoms with Crippen LogP contribution < -0.4 is 10.2 Å². The Kier molecular flexibility index (Phi) is 5.79. The van der Waals surface area contributed by atoms with Crippen molar-refractivity contribution in [3.05, 3.63) is 52.7 Å². The summed E-state index contributed by atoms with van der Waals surface area (Å²) in [4.78, 5) is 33.4. The molecule has 2 amide bonds. The lowest BCUT2D eigenvalue weighted by molar-refractivity contribution is 0.0583. The van der Waals surface area contributed by atoms with Crippen molar-refractivity contribution in [1.29, 1.82) is 0 Å². The Hall–Kier alpha value is -2.80. The topological polar surface area (TPSA) is 74.8 Å². The van der Waals surface area contributed by atoms with Crippen molar-refractivity contribution in [3.8, 4) is 0 Å². The van der Waals surface area contributed by atoms with Crippen LogP contribution in [0.25, 0.3) is 0 Å². The lowest BCUT2D eigenvalue weighted by Crippen LogP contribution is -2.36. The largest absolute Gasteiger partial charge is 0.443 e. The summed E-state index contributed by atoms with van der Waals surface area (Å²) in [6, 6.07) is 9.35. The number of carbonyl (C=O) groups excluding carboxylic acids is 2. The lowest BCUT2D eigenvalue weighted by atomic mass is 10.1. The van der Waals surface area contributed by atoms with Gasteiger partial charge in [-0.05, 0) is 63.4 Å². The normalized spacial score (nSPS) is 18.1. The standard InChI is InChI=1S/C23H27ClN4O3/c1-23(2,3)31-22(30)28-11-8-15-4-5-16(12-19(15)28)21(29)27-10-9-18(14-27)26-20-7-6-17(24)13-25-20/h4-7,12-13,18H,8-11,14H2,1-3H3,(H,25,26)/t18-/m1/s1. The number of hydrogen-bond acceptors (Lipinski definition) is 5. The Bertz CT molecular complexity index is 987. The molecule has 4 rings (SSSR count). The number of nitrogens with one attached hydrogen (secondary N) is 1. The van der Waals surface area contributed by atoms with E-state index in [0.717, 1.165) is 29.9 Å². The van der Waals surface area contributed by atoms with Crippen LogP contribution >= 0.6 is 11.6 Å². The fraction of sp³-hybridized carbons (Fsp3) is 0.435. The number of carbonyl (C=O) groups is 2. The van der Waals surface area contributed by atoms with Gasteiger partial charge in [0.15, 0.2) is 0 Å². The molecule has 7 nitrogen and oxygen atoms in total. The van der Waals surface area contributed by atoms with E-state index in [1.807, 2.05) is 49.9 Å². The molecule has 1 saturated heterocycles. The number of rotatable bonds is 3. The van der Waals surface area contributed by atoms with Crippen molar-refractivity contribution in [3.63, 3.8) is 0 Å². The van der Waals surface area contributed by atoms with Gasteiger partial charge in [0.1, 0.15) is 11.4 Å². The third-order valence-corrected chi connectivity index (χ3v) is 5.62. The second-order valence-electron chi connectivity index (χ2n) is 8.97. The fourth-order valence-corrected chi connectivity index (χ4v) is 4.05. The van der Waals surface area contributed by atoms with E-state index in [1.165, 1.54) is 0 Å². The third-order valence-electron chi connectivity index (χ3n) is 5.40. The fourth-order valence-electron chi connectivity index (χ4n) is 3.93. The number of hydrogen-bond donors (Lipinski definition) is 1. The minimum absolute atomic E-state index is 0.0350. The molecule has 0 radical (unpaired) electrons. The first-order valence-electron chi connectivity index (χ1n) is 10.5. The van der Waals surface area contributed by atoms with E-state index in [4.69, 9.17) is 16.3 Å². The number of ether oxygens (including phenoxy) is 1. The molecular weight excluding hydrogens is 416 g/mol. The van der Waals surface area contributed by atoms with E-state index in [9.17, 15) is 9.59 Å². The molecule has 3 heterocycles. The van der Waals surface area contributed by atoms with Crippen LogP contribution in [0.1, 0.15) is 43.1 Å². The molecule has 8 heteroatoms. The first kappa shape index (κ1) is 21.4. The minimum Gasteiger partial charge on any atom is -0.443 e. The summed E-state index contributed by atoms with van der Waals surface area (Å²) in [6.07, 6.45) is 2.82. The van der Waals surface area contributed by atoms with E-state index in [1.54, 1.807) is 17.2 Å². The highest BCUT2D eigenvalue weighted by atomic mass is 35.5. The average molecular weight is 443 g/mol. The SMILES string of the molecule is CC(C)(C)OC(=O)N1CCc2ccc(C(=O)N3CC[C@@H](Nc4ccc(Cl)cn4)C3)cc21. The monoisotopic (exact) mass is 442 g/mol. The average Bonchev–Trinajstić information content (AvgIpc) is 3.34. The maximum Gasteiger partial charge on any atom is 0.414 e. The quantitative estimate of drug-likeness (QED) is 0.764. The molecule has 1 aromatic heterocycles. The van der Waals surface area contributed by atoms with Crippen LogP contribution in [0.15, 0.2) is 36.5 Å². The molecule has 0 unspecified atom stereocenters. The van der Waals surface area contributed by atoms with Gasteiger partial charge in [0.2, 0.25) is 0 Å². The minimum atomic E-state index is -0.566. The van der Waals surface area contributed by atoms with Crippen LogP contribution in [0.3, 0.4) is 0 Å². The van der Waals surface area contributed by atoms with E-state index < -0.39 is 5.60 Å². The van der Waals surface area contributed by atoms with E-state index >= 15 is 0 Å². The molecular formula is C23H27ClN4O3. The van der Waals surface area contributed by atoms with Gasteiger partial charge in [-0.15, -0.1) is 0 Å². The van der Waals surface area contributed by atoms with Crippen molar-refractivity contribution >= 4 is 35.1 Å². The molecule has 31 heavy (non-hydrogen) atoms. The number of aromatic nitrogens is 1. The smallest absolute Gasteiger partial charge is 0.414 e. The predicted octanol–water partition coefficient (Wildman–Crippen LogP) is 4.36. The maximum absolute atomic E-state index is 13.1. The highest BCUT2D eigenvalue weighted by Crippen LogP contribution is 2.31. The van der Waals surface area contributed by atoms with Crippen LogP contribution in [0.5, 0.6) is 0 Å². The van der Waals surface area contributed by atoms with Crippen LogP contribution in [0.4, 0.5) is 16.3 Å². The summed E-state index contributed by atoms with van der Waals surface area (Å²) in [5.41, 5.74) is 1.83. The Morgan fingerprint density at radius 1 is 1.19 bits per heavy atom. The van der Waals surface area contributed by atoms with E-state index in [-0.39, 0.29) is 18.0 Å². The summed E-state index contributed by atoms with van der Waals surface area (Å²) in [5, 5.41) is 3.95. The van der Waals surface area contributed by atoms with Gasteiger partial charge >= 0.3 is 6.09 Å². The second-order valence-corrected chi connectivity index (χ2v) is 9.40. The number of likely N-dealkylation sites (tertiary alicyclic amines) is 1. The first-order chi connectivity index (χ1) is 14.7. The molecule has 2 aliphatic heterocycles.